The molecule has 1 unspecified atom stereocenters. The minimum atomic E-state index is -3.65. The number of imide groups is 2. The van der Waals surface area contributed by atoms with E-state index in [0.29, 0.717) is 55.8 Å². The van der Waals surface area contributed by atoms with Gasteiger partial charge in [0, 0.05) is 56.0 Å². The first kappa shape index (κ1) is 44.4. The molecule has 0 bridgehead atoms. The zero-order chi connectivity index (χ0) is 45.4. The summed E-state index contributed by atoms with van der Waals surface area (Å²) in [4.78, 5) is 104. The summed E-state index contributed by atoms with van der Waals surface area (Å²) >= 11 is 1.33. The standard InChI is InChI=1S/C43H46F3N9O8S/c1-52-30-21-47-42(51-36(30)54(24-7-3-4-8-24)22-43(45,46)41(52)62)49-28-20-27(44)26(19-31(28)63-2)37(58)48-23-14-16-53(17-15-23)34(57)11-6-18-64-32-10-5-9-25-35(32)40(61)55(39(25)60)29-12-13-33(56)50-38(29)59/h5,9-10,19-21,23-24,29H,3-4,6-8,11-18,22H2,1-2H3,(H,48,58)(H,47,49,51)(H,50,56,59). The van der Waals surface area contributed by atoms with Gasteiger partial charge in [0.15, 0.2) is 5.82 Å². The Labute approximate surface area is 369 Å². The fourth-order valence-corrected chi connectivity index (χ4v) is 9.95. The first-order valence-electron chi connectivity index (χ1n) is 21.2. The van der Waals surface area contributed by atoms with Crippen LogP contribution in [0.1, 0.15) is 95.3 Å². The minimum absolute atomic E-state index is 0.0210. The number of carbonyl (C=O) groups excluding carboxylic acids is 7. The van der Waals surface area contributed by atoms with Gasteiger partial charge in [0.1, 0.15) is 23.3 Å². The molecule has 7 amide bonds. The third kappa shape index (κ3) is 8.68. The lowest BCUT2D eigenvalue weighted by molar-refractivity contribution is -0.140. The third-order valence-electron chi connectivity index (χ3n) is 12.3. The molecule has 3 N–H and O–H groups in total. The molecule has 2 aromatic carbocycles. The second-order valence-electron chi connectivity index (χ2n) is 16.4. The molecule has 1 aliphatic carbocycles. The van der Waals surface area contributed by atoms with E-state index in [1.165, 1.54) is 49.1 Å². The monoisotopic (exact) mass is 905 g/mol. The number of fused-ring (bicyclic) bond motifs is 2. The number of benzene rings is 2. The zero-order valence-corrected chi connectivity index (χ0v) is 35.9. The first-order valence-corrected chi connectivity index (χ1v) is 22.1. The maximum absolute atomic E-state index is 15.6. The van der Waals surface area contributed by atoms with Crippen molar-refractivity contribution in [3.05, 3.63) is 59.0 Å². The van der Waals surface area contributed by atoms with Crippen molar-refractivity contribution >= 4 is 76.3 Å². The van der Waals surface area contributed by atoms with Crippen molar-refractivity contribution in [3.8, 4) is 5.75 Å². The highest BCUT2D eigenvalue weighted by atomic mass is 32.2. The zero-order valence-electron chi connectivity index (χ0n) is 35.1. The number of ether oxygens (including phenoxy) is 1. The van der Waals surface area contributed by atoms with E-state index in [4.69, 9.17) is 4.74 Å². The van der Waals surface area contributed by atoms with Crippen LogP contribution >= 0.6 is 11.8 Å². The number of halogens is 3. The molecule has 3 fully saturated rings. The number of likely N-dealkylation sites (tertiary alicyclic amines) is 1. The Kier molecular flexibility index (Phi) is 12.5. The van der Waals surface area contributed by atoms with E-state index in [1.54, 1.807) is 17.0 Å². The number of anilines is 4. The van der Waals surface area contributed by atoms with E-state index in [0.717, 1.165) is 28.7 Å². The molecule has 0 spiro atoms. The van der Waals surface area contributed by atoms with Gasteiger partial charge in [0.2, 0.25) is 23.7 Å². The Bertz CT molecular complexity index is 2430. The van der Waals surface area contributed by atoms with Gasteiger partial charge in [-0.15, -0.1) is 11.8 Å². The number of nitrogens with zero attached hydrogens (tertiary/aromatic N) is 6. The first-order chi connectivity index (χ1) is 30.6. The van der Waals surface area contributed by atoms with E-state index in [1.807, 2.05) is 0 Å². The van der Waals surface area contributed by atoms with Gasteiger partial charge in [-0.2, -0.15) is 13.8 Å². The second-order valence-corrected chi connectivity index (χ2v) is 17.5. The lowest BCUT2D eigenvalue weighted by Gasteiger charge is -2.32. The number of rotatable bonds is 12. The molecule has 1 saturated carbocycles. The molecule has 8 rings (SSSR count). The molecule has 1 atom stereocenters. The van der Waals surface area contributed by atoms with Crippen LogP contribution in [0.25, 0.3) is 0 Å². The summed E-state index contributed by atoms with van der Waals surface area (Å²) in [5.74, 6) is -8.33. The van der Waals surface area contributed by atoms with Gasteiger partial charge >= 0.3 is 5.92 Å². The highest BCUT2D eigenvalue weighted by Gasteiger charge is 2.49. The largest absolute Gasteiger partial charge is 0.495 e. The number of nitrogens with one attached hydrogen (secondary N) is 3. The molecule has 4 aliphatic heterocycles. The highest BCUT2D eigenvalue weighted by Crippen LogP contribution is 2.41. The lowest BCUT2D eigenvalue weighted by Crippen LogP contribution is -2.54. The summed E-state index contributed by atoms with van der Waals surface area (Å²) in [6, 6.07) is 5.53. The van der Waals surface area contributed by atoms with Crippen LogP contribution in [0.5, 0.6) is 5.75 Å². The van der Waals surface area contributed by atoms with Gasteiger partial charge in [-0.25, -0.2) is 9.37 Å². The number of alkyl halides is 2. The van der Waals surface area contributed by atoms with Gasteiger partial charge < -0.3 is 30.1 Å². The van der Waals surface area contributed by atoms with Crippen LogP contribution in [0.2, 0.25) is 0 Å². The number of carbonyl (C=O) groups is 7. The summed E-state index contributed by atoms with van der Waals surface area (Å²) in [6.07, 6.45) is 5.93. The van der Waals surface area contributed by atoms with Crippen LogP contribution in [-0.2, 0) is 19.2 Å². The second kappa shape index (κ2) is 18.1. The Hall–Kier alpha value is -6.25. The predicted molar refractivity (Wildman–Crippen MR) is 226 cm³/mol. The maximum Gasteiger partial charge on any atom is 0.342 e. The van der Waals surface area contributed by atoms with Gasteiger partial charge in [-0.1, -0.05) is 18.9 Å². The Balaban J connectivity index is 0.835. The molecule has 5 aliphatic rings. The smallest absolute Gasteiger partial charge is 0.342 e. The number of hydrogen-bond donors (Lipinski definition) is 3. The van der Waals surface area contributed by atoms with Crippen LogP contribution in [-0.4, -0.2) is 125 Å². The van der Waals surface area contributed by atoms with Gasteiger partial charge in [0.05, 0.1) is 42.2 Å². The molecule has 21 heteroatoms. The molecule has 2 saturated heterocycles. The third-order valence-corrected chi connectivity index (χ3v) is 13.5. The summed E-state index contributed by atoms with van der Waals surface area (Å²) in [6.45, 7) is -0.109. The molecular weight excluding hydrogens is 860 g/mol. The number of piperidine rings is 2. The molecule has 3 aromatic rings. The number of aromatic nitrogens is 2. The number of methoxy groups -OCH3 is 1. The quantitative estimate of drug-likeness (QED) is 0.131. The fraction of sp³-hybridized carbons (Fsp3) is 0.465. The number of amides is 7. The van der Waals surface area contributed by atoms with E-state index in [-0.39, 0.29) is 82.8 Å². The van der Waals surface area contributed by atoms with E-state index < -0.39 is 59.8 Å². The van der Waals surface area contributed by atoms with Crippen molar-refractivity contribution in [2.75, 3.05) is 54.7 Å². The Morgan fingerprint density at radius 3 is 2.48 bits per heavy atom. The molecule has 17 nitrogen and oxygen atoms in total. The highest BCUT2D eigenvalue weighted by molar-refractivity contribution is 7.99. The molecular formula is C43H46F3N9O8S. The van der Waals surface area contributed by atoms with Crippen molar-refractivity contribution in [1.82, 2.24) is 30.4 Å². The van der Waals surface area contributed by atoms with Crippen LogP contribution < -0.4 is 30.5 Å². The summed E-state index contributed by atoms with van der Waals surface area (Å²) in [5.41, 5.74) is 0.301. The molecule has 1 aromatic heterocycles. The maximum atomic E-state index is 15.6. The number of thioether (sulfide) groups is 1. The summed E-state index contributed by atoms with van der Waals surface area (Å²) in [7, 11) is 2.58. The fourth-order valence-electron chi connectivity index (χ4n) is 8.92. The lowest BCUT2D eigenvalue weighted by atomic mass is 10.0. The van der Waals surface area contributed by atoms with Crippen molar-refractivity contribution in [2.24, 2.45) is 0 Å². The summed E-state index contributed by atoms with van der Waals surface area (Å²) in [5, 5.41) is 7.93. The van der Waals surface area contributed by atoms with Crippen molar-refractivity contribution in [1.29, 1.82) is 0 Å². The van der Waals surface area contributed by atoms with E-state index >= 15 is 13.2 Å². The van der Waals surface area contributed by atoms with Crippen LogP contribution in [0.3, 0.4) is 0 Å². The summed E-state index contributed by atoms with van der Waals surface area (Å²) < 4.78 is 51.2. The van der Waals surface area contributed by atoms with Crippen LogP contribution in [0.4, 0.5) is 36.3 Å². The Morgan fingerprint density at radius 1 is 1.02 bits per heavy atom. The van der Waals surface area contributed by atoms with Crippen LogP contribution in [0.15, 0.2) is 41.4 Å². The molecule has 64 heavy (non-hydrogen) atoms. The van der Waals surface area contributed by atoms with Crippen molar-refractivity contribution in [3.63, 3.8) is 0 Å². The molecule has 0 radical (unpaired) electrons. The average molecular weight is 906 g/mol. The van der Waals surface area contributed by atoms with Crippen molar-refractivity contribution < 1.29 is 51.5 Å². The molecule has 5 heterocycles. The Morgan fingerprint density at radius 2 is 1.77 bits per heavy atom. The van der Waals surface area contributed by atoms with Crippen molar-refractivity contribution in [2.45, 2.75) is 93.2 Å². The van der Waals surface area contributed by atoms with Crippen LogP contribution in [0, 0.1) is 5.82 Å². The topological polar surface area (TPSA) is 204 Å². The average Bonchev–Trinajstić information content (AvgIpc) is 3.89. The predicted octanol–water partition coefficient (Wildman–Crippen LogP) is 4.42. The molecule has 338 valence electrons. The number of hydrogen-bond acceptors (Lipinski definition) is 13. The van der Waals surface area contributed by atoms with E-state index in [9.17, 15) is 33.6 Å². The van der Waals surface area contributed by atoms with Gasteiger partial charge in [0.25, 0.3) is 23.6 Å². The normalized spacial score (nSPS) is 20.3. The van der Waals surface area contributed by atoms with E-state index in [2.05, 4.69) is 25.9 Å². The minimum Gasteiger partial charge on any atom is -0.495 e. The van der Waals surface area contributed by atoms with Gasteiger partial charge in [-0.05, 0) is 62.5 Å². The SMILES string of the molecule is COc1cc(C(=O)NC2CCN(C(=O)CCCSc3cccc4c3C(=O)N(C3CCC(=O)NC3=O)C4=O)CC2)c(F)cc1Nc1ncc2c(n1)N(C1CCCC1)CC(F)(F)C(=O)N2C. The van der Waals surface area contributed by atoms with Gasteiger partial charge in [-0.3, -0.25) is 43.8 Å².